The molecule has 5 aliphatic rings. The van der Waals surface area contributed by atoms with Crippen molar-refractivity contribution in [1.82, 2.24) is 15.3 Å². The molecule has 49 heavy (non-hydrogen) atoms. The second-order valence-corrected chi connectivity index (χ2v) is 14.8. The standard InChI is InChI=1S/C37H38IN3O8/c1-40(27(33(43)39-15-16-42)17-22-9-3-2-4-10-22)35(45)37-20-28-29-30(48-36(47-29)18-23-11-5-6-12-24(23)19-36)32(37)49-41(31(37)34(44)46-28)21-25-13-7-8-14-26(25)38/h2-14,27-32,42H,15-21H2,1H3,(H,39,43)/t27-,28-,29+,30+,31+,32-,37+/m1/s1. The van der Waals surface area contributed by atoms with Gasteiger partial charge in [0.1, 0.15) is 35.9 Å². The Morgan fingerprint density at radius 3 is 2.39 bits per heavy atom. The molecular formula is C37H38IN3O8. The van der Waals surface area contributed by atoms with E-state index in [0.29, 0.717) is 12.8 Å². The summed E-state index contributed by atoms with van der Waals surface area (Å²) in [6, 6.07) is 23.4. The minimum absolute atomic E-state index is 0.0446. The van der Waals surface area contributed by atoms with E-state index in [-0.39, 0.29) is 32.5 Å². The van der Waals surface area contributed by atoms with Gasteiger partial charge >= 0.3 is 5.97 Å². The number of likely N-dealkylation sites (N-methyl/N-ethyl adjacent to an activating group) is 1. The molecule has 2 amide bonds. The van der Waals surface area contributed by atoms with E-state index in [9.17, 15) is 14.7 Å². The zero-order valence-electron chi connectivity index (χ0n) is 27.0. The van der Waals surface area contributed by atoms with Crippen LogP contribution in [0.3, 0.4) is 0 Å². The topological polar surface area (TPSA) is 127 Å². The number of hydrogen-bond donors (Lipinski definition) is 2. The van der Waals surface area contributed by atoms with Crippen LogP contribution in [0.25, 0.3) is 0 Å². The number of carbonyl (C=O) groups excluding carboxylic acids is 3. The molecule has 3 aliphatic heterocycles. The quantitative estimate of drug-likeness (QED) is 0.249. The van der Waals surface area contributed by atoms with Crippen LogP contribution in [0, 0.1) is 8.99 Å². The van der Waals surface area contributed by atoms with Gasteiger partial charge in [-0.25, -0.2) is 0 Å². The number of esters is 1. The molecule has 2 N–H and O–H groups in total. The van der Waals surface area contributed by atoms with Crippen molar-refractivity contribution >= 4 is 40.4 Å². The summed E-state index contributed by atoms with van der Waals surface area (Å²) in [4.78, 5) is 51.3. The molecule has 8 rings (SSSR count). The van der Waals surface area contributed by atoms with Crippen LogP contribution < -0.4 is 5.32 Å². The van der Waals surface area contributed by atoms with Crippen LogP contribution in [-0.4, -0.2) is 95.3 Å². The van der Waals surface area contributed by atoms with Crippen molar-refractivity contribution in [2.45, 2.75) is 74.5 Å². The normalized spacial score (nSPS) is 29.6. The van der Waals surface area contributed by atoms with Crippen LogP contribution >= 0.6 is 22.6 Å². The average Bonchev–Trinajstić information content (AvgIpc) is 3.78. The number of halogens is 1. The Labute approximate surface area is 297 Å². The molecule has 1 saturated carbocycles. The molecule has 0 unspecified atom stereocenters. The fourth-order valence-corrected chi connectivity index (χ4v) is 9.10. The number of aliphatic hydroxyl groups is 1. The van der Waals surface area contributed by atoms with Crippen molar-refractivity contribution in [3.05, 3.63) is 105 Å². The minimum atomic E-state index is -1.43. The van der Waals surface area contributed by atoms with E-state index in [4.69, 9.17) is 19.0 Å². The lowest BCUT2D eigenvalue weighted by molar-refractivity contribution is -0.218. The SMILES string of the molecule is CN(C(=O)[C@@]12C[C@H]3OC(=O)[C@@H]1N(Cc1ccccc1I)O[C@@H]2[C@H]1OC2(Cc4ccccc4C2)O[C@H]13)[C@H](Cc1ccccc1)C(=O)NCCO. The predicted octanol–water partition coefficient (Wildman–Crippen LogP) is 2.55. The van der Waals surface area contributed by atoms with Crippen molar-refractivity contribution < 1.29 is 38.5 Å². The van der Waals surface area contributed by atoms with Crippen molar-refractivity contribution in [3.63, 3.8) is 0 Å². The summed E-state index contributed by atoms with van der Waals surface area (Å²) >= 11 is 2.25. The smallest absolute Gasteiger partial charge is 0.327 e. The number of ether oxygens (including phenoxy) is 3. The third kappa shape index (κ3) is 5.47. The van der Waals surface area contributed by atoms with E-state index < -0.39 is 65.5 Å². The zero-order chi connectivity index (χ0) is 33.9. The van der Waals surface area contributed by atoms with Crippen LogP contribution in [0.15, 0.2) is 78.9 Å². The zero-order valence-corrected chi connectivity index (χ0v) is 29.2. The minimum Gasteiger partial charge on any atom is -0.458 e. The molecule has 3 aromatic carbocycles. The maximum absolute atomic E-state index is 15.3. The first kappa shape index (κ1) is 32.8. The summed E-state index contributed by atoms with van der Waals surface area (Å²) in [6.07, 6.45) is -1.53. The van der Waals surface area contributed by atoms with Crippen LogP contribution in [-0.2, 0) is 59.2 Å². The van der Waals surface area contributed by atoms with E-state index >= 15 is 4.79 Å². The molecule has 0 radical (unpaired) electrons. The summed E-state index contributed by atoms with van der Waals surface area (Å²) in [7, 11) is 1.61. The first-order chi connectivity index (χ1) is 23.7. The van der Waals surface area contributed by atoms with E-state index in [1.54, 1.807) is 12.1 Å². The maximum Gasteiger partial charge on any atom is 0.327 e. The first-order valence-corrected chi connectivity index (χ1v) is 17.8. The summed E-state index contributed by atoms with van der Waals surface area (Å²) in [5.41, 5.74) is 2.64. The third-order valence-electron chi connectivity index (χ3n) is 10.7. The highest BCUT2D eigenvalue weighted by molar-refractivity contribution is 14.1. The third-order valence-corrected chi connectivity index (χ3v) is 11.8. The van der Waals surface area contributed by atoms with Gasteiger partial charge in [0.15, 0.2) is 11.8 Å². The van der Waals surface area contributed by atoms with Gasteiger partial charge in [-0.2, -0.15) is 5.06 Å². The van der Waals surface area contributed by atoms with Gasteiger partial charge in [-0.3, -0.25) is 19.2 Å². The number of hydrogen-bond acceptors (Lipinski definition) is 9. The first-order valence-electron chi connectivity index (χ1n) is 16.7. The predicted molar refractivity (Wildman–Crippen MR) is 183 cm³/mol. The number of aliphatic hydroxyl groups excluding tert-OH is 1. The van der Waals surface area contributed by atoms with Crippen molar-refractivity contribution in [3.8, 4) is 0 Å². The Hall–Kier alpha value is -3.40. The second kappa shape index (κ2) is 12.7. The van der Waals surface area contributed by atoms with E-state index in [1.807, 2.05) is 66.7 Å². The molecule has 3 aromatic rings. The highest BCUT2D eigenvalue weighted by Gasteiger charge is 2.77. The van der Waals surface area contributed by atoms with Gasteiger partial charge in [-0.05, 0) is 50.9 Å². The Morgan fingerprint density at radius 1 is 1.00 bits per heavy atom. The molecule has 2 aliphatic carbocycles. The fourth-order valence-electron chi connectivity index (χ4n) is 8.54. The Balaban J connectivity index is 1.19. The monoisotopic (exact) mass is 779 g/mol. The van der Waals surface area contributed by atoms with Gasteiger partial charge in [0, 0.05) is 42.8 Å². The number of nitrogens with zero attached hydrogens (tertiary/aromatic N) is 2. The molecule has 3 heterocycles. The van der Waals surface area contributed by atoms with Gasteiger partial charge < -0.3 is 29.5 Å². The van der Waals surface area contributed by atoms with Crippen molar-refractivity contribution in [2.75, 3.05) is 20.2 Å². The number of rotatable bonds is 9. The molecule has 2 bridgehead atoms. The largest absolute Gasteiger partial charge is 0.458 e. The molecule has 11 nitrogen and oxygen atoms in total. The summed E-state index contributed by atoms with van der Waals surface area (Å²) in [5, 5.41) is 13.8. The number of fused-ring (bicyclic) bond motifs is 5. The van der Waals surface area contributed by atoms with Gasteiger partial charge in [0.2, 0.25) is 11.8 Å². The molecule has 7 atom stereocenters. The number of hydroxylamine groups is 2. The average molecular weight is 780 g/mol. The van der Waals surface area contributed by atoms with Crippen LogP contribution in [0.4, 0.5) is 0 Å². The molecule has 1 spiro atoms. The lowest BCUT2D eigenvalue weighted by Crippen LogP contribution is -2.70. The van der Waals surface area contributed by atoms with Crippen molar-refractivity contribution in [2.24, 2.45) is 5.41 Å². The van der Waals surface area contributed by atoms with Gasteiger partial charge in [-0.1, -0.05) is 72.8 Å². The second-order valence-electron chi connectivity index (χ2n) is 13.6. The molecule has 12 heteroatoms. The molecule has 256 valence electrons. The van der Waals surface area contributed by atoms with E-state index in [1.165, 1.54) is 4.90 Å². The van der Waals surface area contributed by atoms with E-state index in [0.717, 1.165) is 25.8 Å². The lowest BCUT2D eigenvalue weighted by atomic mass is 9.62. The van der Waals surface area contributed by atoms with Crippen LogP contribution in [0.1, 0.15) is 28.7 Å². The summed E-state index contributed by atoms with van der Waals surface area (Å²) in [6.45, 7) is 0.0389. The van der Waals surface area contributed by atoms with Gasteiger partial charge in [0.25, 0.3) is 0 Å². The molecule has 3 saturated heterocycles. The Bertz CT molecular complexity index is 1750. The lowest BCUT2D eigenvalue weighted by Gasteiger charge is -2.50. The van der Waals surface area contributed by atoms with Crippen LogP contribution in [0.5, 0.6) is 0 Å². The van der Waals surface area contributed by atoms with Crippen LogP contribution in [0.2, 0.25) is 0 Å². The number of carbonyl (C=O) groups is 3. The number of nitrogens with one attached hydrogen (secondary N) is 1. The van der Waals surface area contributed by atoms with Crippen molar-refractivity contribution in [1.29, 1.82) is 0 Å². The number of benzene rings is 3. The summed E-state index contributed by atoms with van der Waals surface area (Å²) < 4.78 is 20.8. The molecule has 0 aromatic heterocycles. The molecular weight excluding hydrogens is 741 g/mol. The number of amides is 2. The van der Waals surface area contributed by atoms with E-state index in [2.05, 4.69) is 40.0 Å². The van der Waals surface area contributed by atoms with Gasteiger partial charge in [-0.15, -0.1) is 0 Å². The van der Waals surface area contributed by atoms with Gasteiger partial charge in [0.05, 0.1) is 13.2 Å². The molecule has 4 fully saturated rings. The summed E-state index contributed by atoms with van der Waals surface area (Å²) in [5.74, 6) is -2.33. The Kier molecular flexibility index (Phi) is 8.52. The highest BCUT2D eigenvalue weighted by atomic mass is 127. The Morgan fingerprint density at radius 2 is 1.67 bits per heavy atom. The fraction of sp³-hybridized carbons (Fsp3) is 0.432. The highest BCUT2D eigenvalue weighted by Crippen LogP contribution is 2.59. The maximum atomic E-state index is 15.3.